The van der Waals surface area contributed by atoms with Gasteiger partial charge in [-0.2, -0.15) is 0 Å². The molecule has 0 N–H and O–H groups in total. The summed E-state index contributed by atoms with van der Waals surface area (Å²) in [5.41, 5.74) is 2.56. The summed E-state index contributed by atoms with van der Waals surface area (Å²) in [6.45, 7) is 2.12. The van der Waals surface area contributed by atoms with Crippen LogP contribution in [0.3, 0.4) is 0 Å². The lowest BCUT2D eigenvalue weighted by Crippen LogP contribution is -2.05. The first-order valence-electron chi connectivity index (χ1n) is 7.60. The maximum atomic E-state index is 5.62. The average Bonchev–Trinajstić information content (AvgIpc) is 2.88. The third-order valence-electron chi connectivity index (χ3n) is 5.94. The minimum absolute atomic E-state index is 0.452. The van der Waals surface area contributed by atoms with Crippen LogP contribution >= 0.6 is 31.9 Å². The van der Waals surface area contributed by atoms with E-state index in [4.69, 9.17) is 4.74 Å². The van der Waals surface area contributed by atoms with Crippen LogP contribution in [0, 0.1) is 36.5 Å². The van der Waals surface area contributed by atoms with Crippen LogP contribution in [0.4, 0.5) is 0 Å². The number of hydrogen-bond acceptors (Lipinski definition) is 1. The molecule has 1 aromatic rings. The van der Waals surface area contributed by atoms with Crippen molar-refractivity contribution in [1.29, 1.82) is 0 Å². The van der Waals surface area contributed by atoms with E-state index < -0.39 is 0 Å². The molecule has 3 aliphatic rings. The van der Waals surface area contributed by atoms with Crippen molar-refractivity contribution >= 4 is 31.9 Å². The summed E-state index contributed by atoms with van der Waals surface area (Å²) >= 11 is 7.67. The Morgan fingerprint density at radius 1 is 1.20 bits per heavy atom. The van der Waals surface area contributed by atoms with Crippen LogP contribution in [0.25, 0.3) is 0 Å². The van der Waals surface area contributed by atoms with Gasteiger partial charge < -0.3 is 4.74 Å². The smallest absolute Gasteiger partial charge is 0.123 e. The molecule has 0 heterocycles. The van der Waals surface area contributed by atoms with Crippen molar-refractivity contribution in [3.05, 3.63) is 27.7 Å². The zero-order valence-corrected chi connectivity index (χ0v) is 15.1. The van der Waals surface area contributed by atoms with Gasteiger partial charge in [0.25, 0.3) is 0 Å². The molecule has 0 aliphatic heterocycles. The second-order valence-corrected chi connectivity index (χ2v) is 8.65. The molecule has 4 rings (SSSR count). The normalized spacial score (nSPS) is 38.7. The molecule has 3 aliphatic carbocycles. The number of halogens is 2. The van der Waals surface area contributed by atoms with Crippen LogP contribution in [0.15, 0.2) is 16.6 Å². The van der Waals surface area contributed by atoms with Crippen molar-refractivity contribution in [1.82, 2.24) is 0 Å². The first-order chi connectivity index (χ1) is 9.61. The Morgan fingerprint density at radius 2 is 1.85 bits per heavy atom. The van der Waals surface area contributed by atoms with Crippen molar-refractivity contribution < 1.29 is 4.74 Å². The zero-order chi connectivity index (χ0) is 14.0. The maximum Gasteiger partial charge on any atom is 0.123 e. The summed E-state index contributed by atoms with van der Waals surface area (Å²) < 4.78 is 6.81. The molecule has 5 atom stereocenters. The Kier molecular flexibility index (Phi) is 3.23. The standard InChI is InChI=1S/C17H20Br2O/c1-8-5-13(20-2)11(7-12(8)18)17(19)16-14-9-3-4-10(6-9)15(14)16/h5,7,9-10,14-17H,3-4,6H2,1-2H3. The van der Waals surface area contributed by atoms with E-state index >= 15 is 0 Å². The molecule has 3 fully saturated rings. The van der Waals surface area contributed by atoms with Gasteiger partial charge in [0.05, 0.1) is 7.11 Å². The lowest BCUT2D eigenvalue weighted by atomic mass is 9.96. The van der Waals surface area contributed by atoms with Crippen molar-refractivity contribution in [2.24, 2.45) is 29.6 Å². The van der Waals surface area contributed by atoms with E-state index in [1.807, 2.05) is 0 Å². The van der Waals surface area contributed by atoms with Crippen LogP contribution in [0.1, 0.15) is 35.2 Å². The Balaban J connectivity index is 1.64. The highest BCUT2D eigenvalue weighted by Gasteiger charge is 2.66. The predicted molar refractivity (Wildman–Crippen MR) is 88.4 cm³/mol. The predicted octanol–water partition coefficient (Wildman–Crippen LogP) is 5.49. The van der Waals surface area contributed by atoms with E-state index in [1.165, 1.54) is 34.9 Å². The SMILES string of the molecule is COc1cc(C)c(Br)cc1C(Br)C1C2C3CCC(C3)C21. The minimum Gasteiger partial charge on any atom is -0.496 e. The topological polar surface area (TPSA) is 9.23 Å². The number of ether oxygens (including phenoxy) is 1. The second kappa shape index (κ2) is 4.74. The van der Waals surface area contributed by atoms with Gasteiger partial charge in [-0.05, 0) is 73.5 Å². The van der Waals surface area contributed by atoms with Gasteiger partial charge in [-0.1, -0.05) is 31.9 Å². The molecule has 20 heavy (non-hydrogen) atoms. The molecule has 1 nitrogen and oxygen atoms in total. The summed E-state index contributed by atoms with van der Waals surface area (Å²) in [6.07, 6.45) is 4.48. The quantitative estimate of drug-likeness (QED) is 0.610. The highest BCUT2D eigenvalue weighted by atomic mass is 79.9. The maximum absolute atomic E-state index is 5.62. The molecular formula is C17H20Br2O. The largest absolute Gasteiger partial charge is 0.496 e. The van der Waals surface area contributed by atoms with Crippen molar-refractivity contribution in [2.75, 3.05) is 7.11 Å². The monoisotopic (exact) mass is 398 g/mol. The van der Waals surface area contributed by atoms with E-state index in [0.717, 1.165) is 35.3 Å². The molecule has 2 bridgehead atoms. The fourth-order valence-electron chi connectivity index (χ4n) is 5.05. The summed E-state index contributed by atoms with van der Waals surface area (Å²) in [5, 5.41) is 0. The van der Waals surface area contributed by atoms with Crippen LogP contribution < -0.4 is 4.74 Å². The first kappa shape index (κ1) is 13.6. The highest BCUT2D eigenvalue weighted by Crippen LogP contribution is 2.73. The van der Waals surface area contributed by atoms with Crippen LogP contribution in [-0.4, -0.2) is 7.11 Å². The zero-order valence-electron chi connectivity index (χ0n) is 11.9. The minimum atomic E-state index is 0.452. The Hall–Kier alpha value is -0.0200. The first-order valence-corrected chi connectivity index (χ1v) is 9.30. The highest BCUT2D eigenvalue weighted by molar-refractivity contribution is 9.10. The Bertz CT molecular complexity index is 540. The fourth-order valence-corrected chi connectivity index (χ4v) is 6.48. The number of hydrogen-bond donors (Lipinski definition) is 0. The molecule has 1 aromatic carbocycles. The van der Waals surface area contributed by atoms with Gasteiger partial charge in [-0.25, -0.2) is 0 Å². The molecule has 3 saturated carbocycles. The van der Waals surface area contributed by atoms with Gasteiger partial charge in [0.2, 0.25) is 0 Å². The number of methoxy groups -OCH3 is 1. The number of fused-ring (bicyclic) bond motifs is 5. The third kappa shape index (κ3) is 1.85. The van der Waals surface area contributed by atoms with E-state index in [1.54, 1.807) is 7.11 Å². The van der Waals surface area contributed by atoms with Gasteiger partial charge in [-0.15, -0.1) is 0 Å². The van der Waals surface area contributed by atoms with Crippen LogP contribution in [0.2, 0.25) is 0 Å². The van der Waals surface area contributed by atoms with Crippen LogP contribution in [0.5, 0.6) is 5.75 Å². The summed E-state index contributed by atoms with van der Waals surface area (Å²) in [4.78, 5) is 0.452. The number of aryl methyl sites for hydroxylation is 1. The molecule has 108 valence electrons. The van der Waals surface area contributed by atoms with Gasteiger partial charge in [0.1, 0.15) is 5.75 Å². The van der Waals surface area contributed by atoms with Crippen molar-refractivity contribution in [2.45, 2.75) is 31.0 Å². The fraction of sp³-hybridized carbons (Fsp3) is 0.647. The molecule has 0 aromatic heterocycles. The molecule has 0 radical (unpaired) electrons. The molecule has 3 heteroatoms. The number of rotatable bonds is 3. The van der Waals surface area contributed by atoms with Gasteiger partial charge in [-0.3, -0.25) is 0 Å². The Labute approximate surface area is 137 Å². The van der Waals surface area contributed by atoms with Gasteiger partial charge in [0, 0.05) is 14.9 Å². The van der Waals surface area contributed by atoms with E-state index in [9.17, 15) is 0 Å². The van der Waals surface area contributed by atoms with Gasteiger partial charge in [0.15, 0.2) is 0 Å². The van der Waals surface area contributed by atoms with Crippen molar-refractivity contribution in [3.8, 4) is 5.75 Å². The average molecular weight is 400 g/mol. The Morgan fingerprint density at radius 3 is 2.45 bits per heavy atom. The molecular weight excluding hydrogens is 380 g/mol. The van der Waals surface area contributed by atoms with Crippen molar-refractivity contribution in [3.63, 3.8) is 0 Å². The summed E-state index contributed by atoms with van der Waals surface area (Å²) in [7, 11) is 1.78. The number of benzene rings is 1. The van der Waals surface area contributed by atoms with Crippen LogP contribution in [-0.2, 0) is 0 Å². The van der Waals surface area contributed by atoms with E-state index in [-0.39, 0.29) is 0 Å². The lowest BCUT2D eigenvalue weighted by molar-refractivity contribution is 0.402. The second-order valence-electron chi connectivity index (χ2n) is 6.81. The lowest BCUT2D eigenvalue weighted by Gasteiger charge is -2.19. The third-order valence-corrected chi connectivity index (χ3v) is 7.90. The molecule has 0 spiro atoms. The number of alkyl halides is 1. The molecule has 0 saturated heterocycles. The van der Waals surface area contributed by atoms with E-state index in [2.05, 4.69) is 50.9 Å². The molecule has 0 amide bonds. The molecule has 5 unspecified atom stereocenters. The van der Waals surface area contributed by atoms with E-state index in [0.29, 0.717) is 4.83 Å². The summed E-state index contributed by atoms with van der Waals surface area (Å²) in [6, 6.07) is 4.41. The van der Waals surface area contributed by atoms with Gasteiger partial charge >= 0.3 is 0 Å². The summed E-state index contributed by atoms with van der Waals surface area (Å²) in [5.74, 6) is 5.89.